The minimum absolute atomic E-state index is 0.235. The number of carboxylic acid groups (broad SMARTS) is 1. The van der Waals surface area contributed by atoms with Crippen LogP contribution < -0.4 is 20.3 Å². The molecule has 1 aliphatic rings. The number of aromatic amines is 1. The molecule has 4 rings (SSSR count). The second kappa shape index (κ2) is 11.1. The molecule has 0 saturated heterocycles. The van der Waals surface area contributed by atoms with Crippen molar-refractivity contribution in [3.05, 3.63) is 62.9 Å². The zero-order valence-corrected chi connectivity index (χ0v) is 21.1. The van der Waals surface area contributed by atoms with Gasteiger partial charge >= 0.3 is 17.2 Å². The lowest BCUT2D eigenvalue weighted by atomic mass is 10.0. The Morgan fingerprint density at radius 2 is 2.06 bits per heavy atom. The van der Waals surface area contributed by atoms with Crippen LogP contribution in [0.2, 0.25) is 0 Å². The maximum absolute atomic E-state index is 13.3. The molecule has 0 amide bonds. The van der Waals surface area contributed by atoms with E-state index in [2.05, 4.69) is 33.2 Å². The average molecular weight is 546 g/mol. The summed E-state index contributed by atoms with van der Waals surface area (Å²) in [4.78, 5) is 27.3. The van der Waals surface area contributed by atoms with Crippen LogP contribution in [0, 0.1) is 0 Å². The average Bonchev–Trinajstić information content (AvgIpc) is 2.82. The number of H-pyrrole nitrogens is 1. The lowest BCUT2D eigenvalue weighted by molar-refractivity contribution is -0.759. The molecule has 10 heteroatoms. The van der Waals surface area contributed by atoms with E-state index in [1.54, 1.807) is 16.8 Å². The molecule has 0 bridgehead atoms. The third-order valence-corrected chi connectivity index (χ3v) is 6.88. The van der Waals surface area contributed by atoms with Crippen LogP contribution in [0.5, 0.6) is 5.75 Å². The number of anilines is 1. The SMILES string of the molecule is CCCCCCSc1n[n+]2c(c(=O)[nH]1)-c1cc(Br)ccc1N[C@H]2c1ccccc1OCC(=O)O. The number of para-hydroxylation sites is 1. The number of unbranched alkanes of at least 4 members (excludes halogenated alkanes) is 3. The quantitative estimate of drug-likeness (QED) is 0.194. The van der Waals surface area contributed by atoms with Gasteiger partial charge in [0.05, 0.1) is 16.8 Å². The zero-order valence-electron chi connectivity index (χ0n) is 18.7. The lowest BCUT2D eigenvalue weighted by Gasteiger charge is -2.23. The van der Waals surface area contributed by atoms with Crippen LogP contribution in [0.1, 0.15) is 44.3 Å². The molecule has 0 aliphatic carbocycles. The van der Waals surface area contributed by atoms with Crippen molar-refractivity contribution >= 4 is 39.3 Å². The first-order valence-electron chi connectivity index (χ1n) is 11.2. The molecule has 3 N–H and O–H groups in total. The molecule has 178 valence electrons. The van der Waals surface area contributed by atoms with E-state index >= 15 is 0 Å². The van der Waals surface area contributed by atoms with Crippen molar-refractivity contribution in [1.29, 1.82) is 0 Å². The van der Waals surface area contributed by atoms with E-state index in [0.29, 0.717) is 22.2 Å². The summed E-state index contributed by atoms with van der Waals surface area (Å²) in [5, 5.41) is 17.9. The number of halogens is 1. The number of aromatic nitrogens is 3. The molecule has 0 saturated carbocycles. The molecule has 1 atom stereocenters. The van der Waals surface area contributed by atoms with E-state index in [0.717, 1.165) is 34.3 Å². The van der Waals surface area contributed by atoms with E-state index < -0.39 is 18.7 Å². The zero-order chi connectivity index (χ0) is 24.1. The third-order valence-electron chi connectivity index (χ3n) is 5.44. The van der Waals surface area contributed by atoms with Gasteiger partial charge in [0, 0.05) is 15.3 Å². The highest BCUT2D eigenvalue weighted by atomic mass is 79.9. The van der Waals surface area contributed by atoms with Gasteiger partial charge in [0.2, 0.25) is 5.16 Å². The Bertz CT molecular complexity index is 1250. The predicted octanol–water partition coefficient (Wildman–Crippen LogP) is 4.60. The largest absolute Gasteiger partial charge is 0.481 e. The lowest BCUT2D eigenvalue weighted by Crippen LogP contribution is -2.55. The van der Waals surface area contributed by atoms with Gasteiger partial charge < -0.3 is 15.2 Å². The number of hydrogen-bond donors (Lipinski definition) is 3. The van der Waals surface area contributed by atoms with E-state index in [1.807, 2.05) is 30.3 Å². The van der Waals surface area contributed by atoms with E-state index in [-0.39, 0.29) is 5.56 Å². The molecule has 1 aromatic heterocycles. The van der Waals surface area contributed by atoms with Crippen molar-refractivity contribution in [3.8, 4) is 17.0 Å². The summed E-state index contributed by atoms with van der Waals surface area (Å²) in [6.07, 6.45) is 3.99. The first kappa shape index (κ1) is 24.3. The second-order valence-electron chi connectivity index (χ2n) is 7.92. The summed E-state index contributed by atoms with van der Waals surface area (Å²) >= 11 is 5.02. The Hall–Kier alpha value is -2.85. The molecule has 8 nitrogen and oxygen atoms in total. The molecule has 0 radical (unpaired) electrons. The first-order chi connectivity index (χ1) is 16.5. The molecule has 2 aromatic carbocycles. The van der Waals surface area contributed by atoms with Gasteiger partial charge in [-0.15, -0.1) is 0 Å². The minimum atomic E-state index is -1.06. The fraction of sp³-hybridized carbons (Fsp3) is 0.333. The van der Waals surface area contributed by atoms with E-state index in [1.165, 1.54) is 24.6 Å². The number of hydrogen-bond acceptors (Lipinski definition) is 6. The number of fused-ring (bicyclic) bond motifs is 3. The summed E-state index contributed by atoms with van der Waals surface area (Å²) in [5.41, 5.74) is 2.36. The Morgan fingerprint density at radius 3 is 2.85 bits per heavy atom. The van der Waals surface area contributed by atoms with E-state index in [9.17, 15) is 9.59 Å². The number of thioether (sulfide) groups is 1. The van der Waals surface area contributed by atoms with Crippen LogP contribution in [0.15, 0.2) is 56.9 Å². The van der Waals surface area contributed by atoms with Gasteiger partial charge in [-0.1, -0.05) is 66.0 Å². The van der Waals surface area contributed by atoms with Crippen LogP contribution in [0.3, 0.4) is 0 Å². The number of nitrogens with one attached hydrogen (secondary N) is 2. The number of ether oxygens (including phenoxy) is 1. The summed E-state index contributed by atoms with van der Waals surface area (Å²) in [7, 11) is 0. The monoisotopic (exact) mass is 545 g/mol. The van der Waals surface area contributed by atoms with Gasteiger partial charge in [0.25, 0.3) is 6.17 Å². The van der Waals surface area contributed by atoms with Crippen molar-refractivity contribution < 1.29 is 19.3 Å². The Balaban J connectivity index is 1.77. The molecule has 3 aromatic rings. The van der Waals surface area contributed by atoms with Crippen molar-refractivity contribution in [2.75, 3.05) is 17.7 Å². The van der Waals surface area contributed by atoms with Crippen LogP contribution in [0.4, 0.5) is 5.69 Å². The smallest absolute Gasteiger partial charge is 0.341 e. The fourth-order valence-electron chi connectivity index (χ4n) is 3.86. The molecule has 1 aliphatic heterocycles. The summed E-state index contributed by atoms with van der Waals surface area (Å²) in [6.45, 7) is 1.71. The van der Waals surface area contributed by atoms with Gasteiger partial charge in [-0.2, -0.15) is 0 Å². The minimum Gasteiger partial charge on any atom is -0.481 e. The summed E-state index contributed by atoms with van der Waals surface area (Å²) in [6, 6.07) is 12.9. The fourth-order valence-corrected chi connectivity index (χ4v) is 5.08. The molecule has 0 unspecified atom stereocenters. The van der Waals surface area contributed by atoms with Gasteiger partial charge in [-0.3, -0.25) is 9.78 Å². The van der Waals surface area contributed by atoms with Gasteiger partial charge in [0.1, 0.15) is 5.75 Å². The number of carboxylic acids is 1. The number of rotatable bonds is 10. The topological polar surface area (TPSA) is 108 Å². The normalized spacial score (nSPS) is 14.1. The highest BCUT2D eigenvalue weighted by Crippen LogP contribution is 2.36. The highest BCUT2D eigenvalue weighted by Gasteiger charge is 2.39. The van der Waals surface area contributed by atoms with Crippen LogP contribution in [0.25, 0.3) is 11.3 Å². The molecule has 2 heterocycles. The van der Waals surface area contributed by atoms with Gasteiger partial charge in [0.15, 0.2) is 6.61 Å². The third kappa shape index (κ3) is 5.44. The molecular formula is C24H26BrN4O4S+. The first-order valence-corrected chi connectivity index (χ1v) is 12.9. The Kier molecular flexibility index (Phi) is 7.89. The highest BCUT2D eigenvalue weighted by molar-refractivity contribution is 9.10. The maximum atomic E-state index is 13.3. The van der Waals surface area contributed by atoms with E-state index in [4.69, 9.17) is 14.9 Å². The van der Waals surface area contributed by atoms with Gasteiger partial charge in [-0.05, 0) is 41.4 Å². The van der Waals surface area contributed by atoms with Crippen molar-refractivity contribution in [1.82, 2.24) is 10.1 Å². The number of benzene rings is 2. The molecular weight excluding hydrogens is 520 g/mol. The summed E-state index contributed by atoms with van der Waals surface area (Å²) < 4.78 is 8.07. The molecule has 34 heavy (non-hydrogen) atoms. The molecule has 0 spiro atoms. The maximum Gasteiger partial charge on any atom is 0.341 e. The second-order valence-corrected chi connectivity index (χ2v) is 9.92. The van der Waals surface area contributed by atoms with Crippen molar-refractivity contribution in [3.63, 3.8) is 0 Å². The molecule has 0 fully saturated rings. The number of nitrogens with zero attached hydrogens (tertiary/aromatic N) is 2. The van der Waals surface area contributed by atoms with Crippen molar-refractivity contribution in [2.24, 2.45) is 0 Å². The van der Waals surface area contributed by atoms with Crippen LogP contribution >= 0.6 is 27.7 Å². The van der Waals surface area contributed by atoms with Crippen LogP contribution in [-0.2, 0) is 4.79 Å². The van der Waals surface area contributed by atoms with Crippen molar-refractivity contribution in [2.45, 2.75) is 43.9 Å². The number of carbonyl (C=O) groups is 1. The predicted molar refractivity (Wildman–Crippen MR) is 134 cm³/mol. The van der Waals surface area contributed by atoms with Gasteiger partial charge in [-0.25, -0.2) is 4.79 Å². The standard InChI is InChI=1S/C24H25BrN4O4S/c1-2-3-4-7-12-34-24-27-23(32)21-17-13-15(25)10-11-18(17)26-22(29(21)28-24)16-8-5-6-9-19(16)33-14-20(30)31/h5-6,8-11,13,22H,2-4,7,12,14H2,1H3,(H2,27,28,30,31,32)/p+1/t22-/m1/s1. The Labute approximate surface area is 209 Å². The van der Waals surface area contributed by atoms with Crippen LogP contribution in [-0.4, -0.2) is 33.5 Å². The summed E-state index contributed by atoms with van der Waals surface area (Å²) in [5.74, 6) is 0.212. The number of aliphatic carboxylic acids is 1. The Morgan fingerprint density at radius 1 is 1.24 bits per heavy atom.